The molecule has 0 saturated heterocycles. The van der Waals surface area contributed by atoms with Gasteiger partial charge in [0.2, 0.25) is 5.78 Å². The molecule has 0 unspecified atom stereocenters. The Bertz CT molecular complexity index is 1050. The number of carbonyl (C=O) groups excluding carboxylic acids is 2. The molecule has 0 saturated carbocycles. The summed E-state index contributed by atoms with van der Waals surface area (Å²) in [5, 5.41) is 52.8. The van der Waals surface area contributed by atoms with E-state index in [9.17, 15) is 35.1 Å². The number of hydrogen-bond donors (Lipinski definition) is 5. The Morgan fingerprint density at radius 2 is 1.61 bits per heavy atom. The molecule has 0 heterocycles. The number of aliphatic hydroxyl groups is 3. The van der Waals surface area contributed by atoms with Crippen LogP contribution in [0.2, 0.25) is 0 Å². The van der Waals surface area contributed by atoms with E-state index in [2.05, 4.69) is 0 Å². The molecule has 5 N–H and O–H groups in total. The van der Waals surface area contributed by atoms with Crippen LogP contribution in [-0.2, 0) is 0 Å². The van der Waals surface area contributed by atoms with Crippen molar-refractivity contribution in [2.75, 3.05) is 7.11 Å². The fraction of sp³-hybridized carbons (Fsp3) is 0.300. The van der Waals surface area contributed by atoms with E-state index in [1.54, 1.807) is 0 Å². The van der Waals surface area contributed by atoms with E-state index in [0.717, 1.165) is 0 Å². The van der Waals surface area contributed by atoms with E-state index in [1.807, 2.05) is 0 Å². The Labute approximate surface area is 159 Å². The molecule has 2 aromatic rings. The van der Waals surface area contributed by atoms with Gasteiger partial charge in [0.05, 0.1) is 35.5 Å². The molecule has 2 aromatic carbocycles. The van der Waals surface area contributed by atoms with Gasteiger partial charge < -0.3 is 30.3 Å². The lowest BCUT2D eigenvalue weighted by molar-refractivity contribution is -0.103. The molecule has 0 radical (unpaired) electrons. The van der Waals surface area contributed by atoms with Gasteiger partial charge in [0.1, 0.15) is 23.4 Å². The predicted molar refractivity (Wildman–Crippen MR) is 94.8 cm³/mol. The molecule has 0 spiro atoms. The maximum atomic E-state index is 13.1. The number of methoxy groups -OCH3 is 1. The highest BCUT2D eigenvalue weighted by Gasteiger charge is 2.48. The van der Waals surface area contributed by atoms with Crippen molar-refractivity contribution >= 4 is 11.6 Å². The predicted octanol–water partition coefficient (Wildman–Crippen LogP) is 1.10. The third-order valence-electron chi connectivity index (χ3n) is 5.50. The first-order valence-electron chi connectivity index (χ1n) is 8.58. The average Bonchev–Trinajstić information content (AvgIpc) is 2.64. The minimum Gasteiger partial charge on any atom is -0.507 e. The SMILES string of the molecule is COc1cccc2c1C(=O)c1c(O)c3c(c(O)c1C2=O)[C@H](O)[C@](C)(O)C[C@H]3O. The molecular weight excluding hydrogens is 368 g/mol. The molecule has 0 bridgehead atoms. The van der Waals surface area contributed by atoms with Crippen molar-refractivity contribution in [1.82, 2.24) is 0 Å². The van der Waals surface area contributed by atoms with Crippen LogP contribution < -0.4 is 4.74 Å². The van der Waals surface area contributed by atoms with Crippen molar-refractivity contribution in [3.8, 4) is 17.2 Å². The van der Waals surface area contributed by atoms with Gasteiger partial charge in [0.25, 0.3) is 0 Å². The Morgan fingerprint density at radius 1 is 1.00 bits per heavy atom. The van der Waals surface area contributed by atoms with E-state index in [4.69, 9.17) is 4.74 Å². The van der Waals surface area contributed by atoms with Gasteiger partial charge in [0.15, 0.2) is 5.78 Å². The van der Waals surface area contributed by atoms with Crippen molar-refractivity contribution in [3.63, 3.8) is 0 Å². The van der Waals surface area contributed by atoms with Crippen LogP contribution in [0.1, 0.15) is 68.5 Å². The number of benzene rings is 2. The second-order valence-electron chi connectivity index (χ2n) is 7.30. The molecule has 0 amide bonds. The molecule has 2 aliphatic rings. The Hall–Kier alpha value is -2.94. The third kappa shape index (κ3) is 2.16. The second kappa shape index (κ2) is 5.78. The van der Waals surface area contributed by atoms with Crippen molar-refractivity contribution in [2.24, 2.45) is 0 Å². The number of phenolic OH excluding ortho intramolecular Hbond substituents is 2. The second-order valence-corrected chi connectivity index (χ2v) is 7.30. The number of ketones is 2. The highest BCUT2D eigenvalue weighted by molar-refractivity contribution is 6.31. The van der Waals surface area contributed by atoms with Crippen LogP contribution in [-0.4, -0.2) is 49.8 Å². The quantitative estimate of drug-likeness (QED) is 0.391. The number of hydrogen-bond acceptors (Lipinski definition) is 8. The molecule has 0 aromatic heterocycles. The minimum atomic E-state index is -1.81. The summed E-state index contributed by atoms with van der Waals surface area (Å²) in [6.45, 7) is 1.26. The lowest BCUT2D eigenvalue weighted by Crippen LogP contribution is -2.40. The Balaban J connectivity index is 2.09. The number of aliphatic hydroxyl groups excluding tert-OH is 2. The number of rotatable bonds is 1. The first-order chi connectivity index (χ1) is 13.1. The molecular formula is C20H18O8. The molecule has 4 rings (SSSR count). The highest BCUT2D eigenvalue weighted by atomic mass is 16.5. The van der Waals surface area contributed by atoms with E-state index in [1.165, 1.54) is 32.2 Å². The molecule has 8 nitrogen and oxygen atoms in total. The van der Waals surface area contributed by atoms with E-state index in [0.29, 0.717) is 0 Å². The summed E-state index contributed by atoms with van der Waals surface area (Å²) < 4.78 is 5.15. The zero-order chi connectivity index (χ0) is 20.5. The topological polar surface area (TPSA) is 145 Å². The van der Waals surface area contributed by atoms with Crippen LogP contribution in [0.25, 0.3) is 0 Å². The van der Waals surface area contributed by atoms with E-state index in [-0.39, 0.29) is 34.4 Å². The lowest BCUT2D eigenvalue weighted by Gasteiger charge is -2.39. The van der Waals surface area contributed by atoms with Crippen LogP contribution in [0.4, 0.5) is 0 Å². The summed E-state index contributed by atoms with van der Waals surface area (Å²) >= 11 is 0. The van der Waals surface area contributed by atoms with Gasteiger partial charge in [-0.25, -0.2) is 0 Å². The van der Waals surface area contributed by atoms with Crippen molar-refractivity contribution < 1.29 is 39.9 Å². The zero-order valence-electron chi connectivity index (χ0n) is 15.1. The Morgan fingerprint density at radius 3 is 2.25 bits per heavy atom. The maximum Gasteiger partial charge on any atom is 0.202 e. The van der Waals surface area contributed by atoms with Crippen molar-refractivity contribution in [1.29, 1.82) is 0 Å². The normalized spacial score (nSPS) is 25.8. The molecule has 146 valence electrons. The standard InChI is InChI=1S/C20H18O8/c1-20(27)6-8(21)11-14(19(20)26)18(25)12-13(17(11)24)16(23)10-7(15(12)22)4-3-5-9(10)28-2/h3-5,8,19,21,24-27H,6H2,1-2H3/t8-,19+,20-/m1/s1. The van der Waals surface area contributed by atoms with Crippen LogP contribution in [0.15, 0.2) is 18.2 Å². The summed E-state index contributed by atoms with van der Waals surface area (Å²) in [6, 6.07) is 4.38. The smallest absolute Gasteiger partial charge is 0.202 e. The lowest BCUT2D eigenvalue weighted by atomic mass is 9.72. The van der Waals surface area contributed by atoms with E-state index >= 15 is 0 Å². The highest BCUT2D eigenvalue weighted by Crippen LogP contribution is 2.54. The number of phenols is 2. The van der Waals surface area contributed by atoms with Gasteiger partial charge in [-0.05, 0) is 13.0 Å². The largest absolute Gasteiger partial charge is 0.507 e. The summed E-state index contributed by atoms with van der Waals surface area (Å²) in [6.07, 6.45) is -3.49. The zero-order valence-corrected chi connectivity index (χ0v) is 15.1. The first-order valence-corrected chi connectivity index (χ1v) is 8.58. The fourth-order valence-electron chi connectivity index (χ4n) is 4.12. The molecule has 0 aliphatic heterocycles. The molecule has 0 fully saturated rings. The van der Waals surface area contributed by atoms with Gasteiger partial charge >= 0.3 is 0 Å². The van der Waals surface area contributed by atoms with Crippen LogP contribution >= 0.6 is 0 Å². The Kier molecular flexibility index (Phi) is 3.80. The van der Waals surface area contributed by atoms with Gasteiger partial charge in [0, 0.05) is 23.1 Å². The van der Waals surface area contributed by atoms with Crippen molar-refractivity contribution in [3.05, 3.63) is 51.6 Å². The minimum absolute atomic E-state index is 0.0240. The summed E-state index contributed by atoms with van der Waals surface area (Å²) in [5.74, 6) is -2.83. The maximum absolute atomic E-state index is 13.1. The van der Waals surface area contributed by atoms with Crippen LogP contribution in [0.5, 0.6) is 17.2 Å². The summed E-state index contributed by atoms with van der Waals surface area (Å²) in [5.41, 5.74) is -3.49. The molecule has 3 atom stereocenters. The molecule has 8 heteroatoms. The molecule has 28 heavy (non-hydrogen) atoms. The number of fused-ring (bicyclic) bond motifs is 3. The fourth-order valence-corrected chi connectivity index (χ4v) is 4.12. The first kappa shape index (κ1) is 18.4. The summed E-state index contributed by atoms with van der Waals surface area (Å²) in [7, 11) is 1.33. The van der Waals surface area contributed by atoms with Gasteiger partial charge in [-0.3, -0.25) is 9.59 Å². The van der Waals surface area contributed by atoms with Gasteiger partial charge in [-0.1, -0.05) is 12.1 Å². The number of ether oxygens (including phenoxy) is 1. The third-order valence-corrected chi connectivity index (χ3v) is 5.50. The van der Waals surface area contributed by atoms with E-state index < -0.39 is 52.0 Å². The van der Waals surface area contributed by atoms with Gasteiger partial charge in [-0.2, -0.15) is 0 Å². The van der Waals surface area contributed by atoms with Crippen LogP contribution in [0, 0.1) is 0 Å². The van der Waals surface area contributed by atoms with Gasteiger partial charge in [-0.15, -0.1) is 0 Å². The monoisotopic (exact) mass is 386 g/mol. The van der Waals surface area contributed by atoms with Crippen molar-refractivity contribution in [2.45, 2.75) is 31.2 Å². The number of carbonyl (C=O) groups is 2. The average molecular weight is 386 g/mol. The number of aromatic hydroxyl groups is 2. The molecule has 2 aliphatic carbocycles. The van der Waals surface area contributed by atoms with Crippen LogP contribution in [0.3, 0.4) is 0 Å². The summed E-state index contributed by atoms with van der Waals surface area (Å²) in [4.78, 5) is 26.2.